The summed E-state index contributed by atoms with van der Waals surface area (Å²) < 4.78 is 0. The number of benzene rings is 3. The predicted molar refractivity (Wildman–Crippen MR) is 168 cm³/mol. The van der Waals surface area contributed by atoms with Gasteiger partial charge in [0.15, 0.2) is 5.17 Å². The number of carbonyl (C=O) groups excluding carboxylic acids is 2. The fourth-order valence-corrected chi connectivity index (χ4v) is 6.08. The topological polar surface area (TPSA) is 117 Å². The van der Waals surface area contributed by atoms with E-state index in [9.17, 15) is 19.7 Å². The molecule has 2 N–H and O–H groups in total. The van der Waals surface area contributed by atoms with Gasteiger partial charge in [0.25, 0.3) is 11.6 Å². The van der Waals surface area contributed by atoms with Crippen LogP contribution in [0, 0.1) is 24.0 Å². The van der Waals surface area contributed by atoms with Gasteiger partial charge in [-0.3, -0.25) is 19.7 Å². The average Bonchev–Trinajstić information content (AvgIpc) is 2.97. The van der Waals surface area contributed by atoms with Crippen molar-refractivity contribution in [1.29, 1.82) is 0 Å². The molecule has 0 spiro atoms. The summed E-state index contributed by atoms with van der Waals surface area (Å²) in [6.45, 7) is 6.67. The predicted octanol–water partition coefficient (Wildman–Crippen LogP) is 6.63. The molecule has 3 aromatic carbocycles. The molecule has 0 bridgehead atoms. The largest absolute Gasteiger partial charge is 0.340 e. The molecule has 3 aromatic rings. The van der Waals surface area contributed by atoms with Gasteiger partial charge in [0.1, 0.15) is 0 Å². The molecule has 2 heterocycles. The fourth-order valence-electron chi connectivity index (χ4n) is 5.06. The van der Waals surface area contributed by atoms with Gasteiger partial charge in [-0.1, -0.05) is 41.6 Å². The van der Waals surface area contributed by atoms with Crippen LogP contribution in [-0.4, -0.2) is 39.1 Å². The van der Waals surface area contributed by atoms with E-state index in [0.29, 0.717) is 22.5 Å². The summed E-state index contributed by atoms with van der Waals surface area (Å²) in [6.07, 6.45) is 3.96. The van der Waals surface area contributed by atoms with Gasteiger partial charge in [0.05, 0.1) is 22.2 Å². The monoisotopic (exact) mass is 581 g/mol. The van der Waals surface area contributed by atoms with Crippen LogP contribution in [0.1, 0.15) is 41.6 Å². The first-order chi connectivity index (χ1) is 20.2. The van der Waals surface area contributed by atoms with E-state index in [1.165, 1.54) is 18.2 Å². The Kier molecular flexibility index (Phi) is 8.53. The van der Waals surface area contributed by atoms with E-state index in [4.69, 9.17) is 4.99 Å². The van der Waals surface area contributed by atoms with Crippen LogP contribution in [0.3, 0.4) is 0 Å². The minimum absolute atomic E-state index is 0.00728. The molecule has 1 atom stereocenters. The second-order valence-corrected chi connectivity index (χ2v) is 11.3. The highest BCUT2D eigenvalue weighted by Crippen LogP contribution is 2.40. The molecule has 2 aliphatic rings. The van der Waals surface area contributed by atoms with Crippen LogP contribution < -0.4 is 10.6 Å². The van der Waals surface area contributed by atoms with Crippen molar-refractivity contribution in [2.75, 3.05) is 22.9 Å². The van der Waals surface area contributed by atoms with Crippen molar-refractivity contribution in [2.24, 2.45) is 4.99 Å². The number of amidine groups is 1. The number of hydrogen-bond donors (Lipinski definition) is 2. The number of thioether (sulfide) groups is 1. The van der Waals surface area contributed by atoms with Gasteiger partial charge in [-0.2, -0.15) is 0 Å². The van der Waals surface area contributed by atoms with Crippen molar-refractivity contribution in [2.45, 2.75) is 33.2 Å². The molecule has 214 valence electrons. The maximum atomic E-state index is 13.8. The summed E-state index contributed by atoms with van der Waals surface area (Å²) in [4.78, 5) is 43.7. The number of aryl methyl sites for hydroxylation is 2. The van der Waals surface area contributed by atoms with Gasteiger partial charge in [-0.25, -0.2) is 4.99 Å². The summed E-state index contributed by atoms with van der Waals surface area (Å²) in [7, 11) is 0. The molecule has 2 amide bonds. The molecule has 1 saturated heterocycles. The number of hydrogen-bond acceptors (Lipinski definition) is 7. The van der Waals surface area contributed by atoms with Crippen LogP contribution in [0.4, 0.5) is 17.1 Å². The molecular formula is C32H31N5O4S. The van der Waals surface area contributed by atoms with Crippen LogP contribution in [0.5, 0.6) is 0 Å². The number of amides is 2. The standard InChI is InChI=1S/C32H31N5O4S/c1-20-5-15-27(21(2)19-20)35-31(39)29-22(3)33-32-36(17-4-18-42-32)30(29)24-9-11-25(12-10-24)34-28(38)16-8-23-6-13-26(14-7-23)37(40)41/h5-16,19,30H,4,17-18H2,1-3H3,(H,34,38)(H,35,39)/b16-8+/t30-/m1/s1. The summed E-state index contributed by atoms with van der Waals surface area (Å²) in [5.41, 5.74) is 6.39. The van der Waals surface area contributed by atoms with Gasteiger partial charge in [0, 0.05) is 41.9 Å². The summed E-state index contributed by atoms with van der Waals surface area (Å²) in [5.74, 6) is 0.471. The van der Waals surface area contributed by atoms with Crippen LogP contribution in [0.15, 0.2) is 89.1 Å². The smallest absolute Gasteiger partial charge is 0.269 e. The number of allylic oxidation sites excluding steroid dienone is 1. The second kappa shape index (κ2) is 12.4. The lowest BCUT2D eigenvalue weighted by molar-refractivity contribution is -0.384. The van der Waals surface area contributed by atoms with E-state index in [-0.39, 0.29) is 23.5 Å². The molecule has 2 aliphatic heterocycles. The maximum Gasteiger partial charge on any atom is 0.269 e. The van der Waals surface area contributed by atoms with Crippen molar-refractivity contribution in [1.82, 2.24) is 4.90 Å². The Bertz CT molecular complexity index is 1630. The number of carbonyl (C=O) groups is 2. The number of nitrogens with one attached hydrogen (secondary N) is 2. The van der Waals surface area contributed by atoms with Gasteiger partial charge in [-0.05, 0) is 80.3 Å². The van der Waals surface area contributed by atoms with Crippen molar-refractivity contribution in [3.63, 3.8) is 0 Å². The van der Waals surface area contributed by atoms with Crippen molar-refractivity contribution < 1.29 is 14.5 Å². The lowest BCUT2D eigenvalue weighted by atomic mass is 9.93. The zero-order chi connectivity index (χ0) is 29.8. The molecule has 0 radical (unpaired) electrons. The Morgan fingerprint density at radius 1 is 1.02 bits per heavy atom. The van der Waals surface area contributed by atoms with Crippen LogP contribution in [0.2, 0.25) is 0 Å². The normalized spacial score (nSPS) is 16.6. The highest BCUT2D eigenvalue weighted by atomic mass is 32.2. The molecule has 0 unspecified atom stereocenters. The summed E-state index contributed by atoms with van der Waals surface area (Å²) >= 11 is 1.70. The van der Waals surface area contributed by atoms with E-state index in [1.54, 1.807) is 30.0 Å². The van der Waals surface area contributed by atoms with Gasteiger partial charge >= 0.3 is 0 Å². The molecular weight excluding hydrogens is 550 g/mol. The number of non-ortho nitro benzene ring substituents is 1. The lowest BCUT2D eigenvalue weighted by Crippen LogP contribution is -2.43. The van der Waals surface area contributed by atoms with E-state index < -0.39 is 4.92 Å². The number of nitro benzene ring substituents is 1. The maximum absolute atomic E-state index is 13.8. The van der Waals surface area contributed by atoms with Gasteiger partial charge in [0.2, 0.25) is 5.91 Å². The molecule has 5 rings (SSSR count). The van der Waals surface area contributed by atoms with Crippen LogP contribution in [0.25, 0.3) is 6.08 Å². The van der Waals surface area contributed by atoms with E-state index >= 15 is 0 Å². The summed E-state index contributed by atoms with van der Waals surface area (Å²) in [5, 5.41) is 17.7. The Balaban J connectivity index is 1.35. The molecule has 10 heteroatoms. The third-order valence-corrected chi connectivity index (χ3v) is 8.24. The molecule has 9 nitrogen and oxygen atoms in total. The zero-order valence-electron chi connectivity index (χ0n) is 23.6. The zero-order valence-corrected chi connectivity index (χ0v) is 24.4. The fraction of sp³-hybridized carbons (Fsp3) is 0.219. The van der Waals surface area contributed by atoms with Crippen molar-refractivity contribution in [3.05, 3.63) is 116 Å². The highest BCUT2D eigenvalue weighted by molar-refractivity contribution is 8.13. The van der Waals surface area contributed by atoms with Crippen molar-refractivity contribution in [3.8, 4) is 0 Å². The number of aliphatic imine (C=N–C) groups is 1. The SMILES string of the molecule is CC1=C(C(=O)Nc2ccc(C)cc2C)[C@@H](c2ccc(NC(=O)/C=C/c3ccc([N+](=O)[O-])cc3)cc2)N2CCCSC2=N1. The number of fused-ring (bicyclic) bond motifs is 1. The Labute approximate surface area is 248 Å². The Morgan fingerprint density at radius 3 is 2.45 bits per heavy atom. The van der Waals surface area contributed by atoms with Crippen LogP contribution >= 0.6 is 11.8 Å². The Morgan fingerprint density at radius 2 is 1.76 bits per heavy atom. The molecule has 0 aliphatic carbocycles. The van der Waals surface area contributed by atoms with Gasteiger partial charge in [-0.15, -0.1) is 0 Å². The molecule has 0 aromatic heterocycles. The van der Waals surface area contributed by atoms with E-state index in [2.05, 4.69) is 15.5 Å². The second-order valence-electron chi connectivity index (χ2n) is 10.3. The first-order valence-corrected chi connectivity index (χ1v) is 14.6. The third kappa shape index (κ3) is 6.44. The molecule has 42 heavy (non-hydrogen) atoms. The lowest BCUT2D eigenvalue weighted by Gasteiger charge is -2.41. The molecule has 0 saturated carbocycles. The molecule has 1 fully saturated rings. The van der Waals surface area contributed by atoms with Gasteiger partial charge < -0.3 is 15.5 Å². The van der Waals surface area contributed by atoms with Crippen molar-refractivity contribution >= 4 is 51.9 Å². The first kappa shape index (κ1) is 28.8. The quantitative estimate of drug-likeness (QED) is 0.184. The van der Waals surface area contributed by atoms with E-state index in [0.717, 1.165) is 46.3 Å². The van der Waals surface area contributed by atoms with Crippen LogP contribution in [-0.2, 0) is 9.59 Å². The number of anilines is 2. The first-order valence-electron chi connectivity index (χ1n) is 13.6. The summed E-state index contributed by atoms with van der Waals surface area (Å²) in [6, 6.07) is 19.1. The number of rotatable bonds is 7. The third-order valence-electron chi connectivity index (χ3n) is 7.16. The average molecular weight is 582 g/mol. The van der Waals surface area contributed by atoms with E-state index in [1.807, 2.05) is 63.2 Å². The number of nitro groups is 1. The minimum atomic E-state index is -0.466. The Hall–Kier alpha value is -4.70. The number of nitrogens with zero attached hydrogens (tertiary/aromatic N) is 3. The highest BCUT2D eigenvalue weighted by Gasteiger charge is 2.37. The minimum Gasteiger partial charge on any atom is -0.340 e.